The Morgan fingerprint density at radius 1 is 1.15 bits per heavy atom. The van der Waals surface area contributed by atoms with Gasteiger partial charge in [-0.1, -0.05) is 29.3 Å². The summed E-state index contributed by atoms with van der Waals surface area (Å²) >= 11 is 0. The SMILES string of the molecule is Cc1cc(C)cc(CN2C(=O)C(C)NC(=O)C2(C)C)c1. The van der Waals surface area contributed by atoms with E-state index in [1.807, 2.05) is 13.8 Å². The summed E-state index contributed by atoms with van der Waals surface area (Å²) in [6.45, 7) is 9.84. The third-order valence-electron chi connectivity index (χ3n) is 3.84. The molecule has 1 heterocycles. The van der Waals surface area contributed by atoms with Crippen LogP contribution in [-0.4, -0.2) is 28.3 Å². The number of aryl methyl sites for hydroxylation is 2. The summed E-state index contributed by atoms with van der Waals surface area (Å²) in [5.41, 5.74) is 2.58. The number of amides is 2. The molecule has 1 fully saturated rings. The highest BCUT2D eigenvalue weighted by Crippen LogP contribution is 2.24. The molecule has 4 heteroatoms. The zero-order valence-electron chi connectivity index (χ0n) is 12.8. The van der Waals surface area contributed by atoms with E-state index in [2.05, 4.69) is 23.5 Å². The Kier molecular flexibility index (Phi) is 3.59. The lowest BCUT2D eigenvalue weighted by molar-refractivity contribution is -0.155. The van der Waals surface area contributed by atoms with Crippen molar-refractivity contribution in [3.05, 3.63) is 34.9 Å². The van der Waals surface area contributed by atoms with E-state index in [1.54, 1.807) is 25.7 Å². The number of hydrogen-bond acceptors (Lipinski definition) is 2. The number of rotatable bonds is 2. The Morgan fingerprint density at radius 2 is 1.70 bits per heavy atom. The van der Waals surface area contributed by atoms with Crippen LogP contribution < -0.4 is 5.32 Å². The van der Waals surface area contributed by atoms with E-state index < -0.39 is 11.6 Å². The second-order valence-corrected chi connectivity index (χ2v) is 6.17. The van der Waals surface area contributed by atoms with Crippen molar-refractivity contribution in [3.63, 3.8) is 0 Å². The minimum absolute atomic E-state index is 0.0336. The first-order valence-corrected chi connectivity index (χ1v) is 6.91. The molecule has 4 nitrogen and oxygen atoms in total. The molecule has 2 rings (SSSR count). The second kappa shape index (κ2) is 4.93. The Hall–Kier alpha value is -1.84. The Balaban J connectivity index is 2.33. The van der Waals surface area contributed by atoms with Crippen molar-refractivity contribution in [2.75, 3.05) is 0 Å². The number of carbonyl (C=O) groups is 2. The van der Waals surface area contributed by atoms with Gasteiger partial charge in [-0.15, -0.1) is 0 Å². The van der Waals surface area contributed by atoms with Crippen LogP contribution in [0.1, 0.15) is 37.5 Å². The summed E-state index contributed by atoms with van der Waals surface area (Å²) in [5.74, 6) is -0.136. The van der Waals surface area contributed by atoms with Crippen LogP contribution in [0.3, 0.4) is 0 Å². The van der Waals surface area contributed by atoms with E-state index in [4.69, 9.17) is 0 Å². The molecule has 0 aliphatic carbocycles. The highest BCUT2D eigenvalue weighted by atomic mass is 16.2. The molecule has 2 amide bonds. The summed E-state index contributed by atoms with van der Waals surface area (Å²) in [5, 5.41) is 2.73. The van der Waals surface area contributed by atoms with Crippen LogP contribution in [-0.2, 0) is 16.1 Å². The maximum absolute atomic E-state index is 12.4. The van der Waals surface area contributed by atoms with Crippen molar-refractivity contribution in [1.82, 2.24) is 10.2 Å². The van der Waals surface area contributed by atoms with Gasteiger partial charge in [-0.3, -0.25) is 9.59 Å². The largest absolute Gasteiger partial charge is 0.343 e. The van der Waals surface area contributed by atoms with Gasteiger partial charge in [0.05, 0.1) is 0 Å². The van der Waals surface area contributed by atoms with Crippen LogP contribution in [0.25, 0.3) is 0 Å². The van der Waals surface area contributed by atoms with E-state index in [-0.39, 0.29) is 11.8 Å². The van der Waals surface area contributed by atoms with Gasteiger partial charge in [-0.05, 0) is 40.2 Å². The van der Waals surface area contributed by atoms with Crippen molar-refractivity contribution >= 4 is 11.8 Å². The lowest BCUT2D eigenvalue weighted by atomic mass is 9.94. The van der Waals surface area contributed by atoms with E-state index in [0.717, 1.165) is 5.56 Å². The maximum atomic E-state index is 12.4. The monoisotopic (exact) mass is 274 g/mol. The molecule has 20 heavy (non-hydrogen) atoms. The first-order chi connectivity index (χ1) is 9.21. The summed E-state index contributed by atoms with van der Waals surface area (Å²) in [6, 6.07) is 5.77. The van der Waals surface area contributed by atoms with Gasteiger partial charge in [-0.2, -0.15) is 0 Å². The van der Waals surface area contributed by atoms with Crippen LogP contribution >= 0.6 is 0 Å². The molecular formula is C16H22N2O2. The molecule has 1 aliphatic heterocycles. The molecule has 0 bridgehead atoms. The number of piperazine rings is 1. The van der Waals surface area contributed by atoms with Gasteiger partial charge in [0.2, 0.25) is 11.8 Å². The Bertz CT molecular complexity index is 543. The molecule has 1 aromatic rings. The number of nitrogens with one attached hydrogen (secondary N) is 1. The predicted octanol–water partition coefficient (Wildman–Crippen LogP) is 1.93. The average Bonchev–Trinajstić information content (AvgIpc) is 2.32. The van der Waals surface area contributed by atoms with Crippen LogP contribution in [0.15, 0.2) is 18.2 Å². The zero-order valence-corrected chi connectivity index (χ0v) is 12.8. The molecule has 0 saturated carbocycles. The molecule has 1 aromatic carbocycles. The maximum Gasteiger partial charge on any atom is 0.246 e. The number of nitrogens with zero attached hydrogens (tertiary/aromatic N) is 1. The normalized spacial score (nSPS) is 21.9. The summed E-state index contributed by atoms with van der Waals surface area (Å²) in [4.78, 5) is 26.1. The van der Waals surface area contributed by atoms with Crippen LogP contribution in [0, 0.1) is 13.8 Å². The van der Waals surface area contributed by atoms with Gasteiger partial charge in [0.1, 0.15) is 11.6 Å². The molecule has 108 valence electrons. The first kappa shape index (κ1) is 14.6. The first-order valence-electron chi connectivity index (χ1n) is 6.91. The van der Waals surface area contributed by atoms with Crippen LogP contribution in [0.2, 0.25) is 0 Å². The number of carbonyl (C=O) groups excluding carboxylic acids is 2. The van der Waals surface area contributed by atoms with Crippen molar-refractivity contribution < 1.29 is 9.59 Å². The molecular weight excluding hydrogens is 252 g/mol. The smallest absolute Gasteiger partial charge is 0.246 e. The highest BCUT2D eigenvalue weighted by Gasteiger charge is 2.44. The standard InChI is InChI=1S/C16H22N2O2/c1-10-6-11(2)8-13(7-10)9-18-14(19)12(3)17-15(20)16(18,4)5/h6-8,12H,9H2,1-5H3,(H,17,20). The topological polar surface area (TPSA) is 49.4 Å². The molecule has 1 atom stereocenters. The third-order valence-corrected chi connectivity index (χ3v) is 3.84. The molecule has 1 saturated heterocycles. The van der Waals surface area contributed by atoms with Crippen molar-refractivity contribution in [1.29, 1.82) is 0 Å². The minimum Gasteiger partial charge on any atom is -0.343 e. The van der Waals surface area contributed by atoms with Gasteiger partial charge < -0.3 is 10.2 Å². The quantitative estimate of drug-likeness (QED) is 0.896. The molecule has 1 N–H and O–H groups in total. The van der Waals surface area contributed by atoms with Gasteiger partial charge in [0.25, 0.3) is 0 Å². The van der Waals surface area contributed by atoms with E-state index in [9.17, 15) is 9.59 Å². The number of benzene rings is 1. The third kappa shape index (κ3) is 2.55. The lowest BCUT2D eigenvalue weighted by Gasteiger charge is -2.43. The van der Waals surface area contributed by atoms with Crippen LogP contribution in [0.5, 0.6) is 0 Å². The number of hydrogen-bond donors (Lipinski definition) is 1. The molecule has 1 aliphatic rings. The van der Waals surface area contributed by atoms with Gasteiger partial charge in [-0.25, -0.2) is 0 Å². The minimum atomic E-state index is -0.818. The highest BCUT2D eigenvalue weighted by molar-refractivity contribution is 5.99. The van der Waals surface area contributed by atoms with Crippen molar-refractivity contribution in [2.24, 2.45) is 0 Å². The molecule has 0 spiro atoms. The van der Waals surface area contributed by atoms with Gasteiger partial charge >= 0.3 is 0 Å². The van der Waals surface area contributed by atoms with Gasteiger partial charge in [0.15, 0.2) is 0 Å². The van der Waals surface area contributed by atoms with E-state index in [1.165, 1.54) is 11.1 Å². The Morgan fingerprint density at radius 3 is 2.25 bits per heavy atom. The van der Waals surface area contributed by atoms with Crippen molar-refractivity contribution in [3.8, 4) is 0 Å². The average molecular weight is 274 g/mol. The van der Waals surface area contributed by atoms with E-state index in [0.29, 0.717) is 6.54 Å². The van der Waals surface area contributed by atoms with E-state index >= 15 is 0 Å². The predicted molar refractivity (Wildman–Crippen MR) is 78.1 cm³/mol. The molecule has 0 radical (unpaired) electrons. The molecule has 1 unspecified atom stereocenters. The fourth-order valence-electron chi connectivity index (χ4n) is 2.69. The fourth-order valence-corrected chi connectivity index (χ4v) is 2.69. The van der Waals surface area contributed by atoms with Crippen LogP contribution in [0.4, 0.5) is 0 Å². The second-order valence-electron chi connectivity index (χ2n) is 6.17. The summed E-state index contributed by atoms with van der Waals surface area (Å²) < 4.78 is 0. The summed E-state index contributed by atoms with van der Waals surface area (Å²) in [6.07, 6.45) is 0. The lowest BCUT2D eigenvalue weighted by Crippen LogP contribution is -2.67. The fraction of sp³-hybridized carbons (Fsp3) is 0.500. The van der Waals surface area contributed by atoms with Crippen molar-refractivity contribution in [2.45, 2.75) is 52.7 Å². The zero-order chi connectivity index (χ0) is 15.1. The Labute approximate surface area is 120 Å². The van der Waals surface area contributed by atoms with Gasteiger partial charge in [0, 0.05) is 6.54 Å². The molecule has 0 aromatic heterocycles. The summed E-state index contributed by atoms with van der Waals surface area (Å²) in [7, 11) is 0.